The summed E-state index contributed by atoms with van der Waals surface area (Å²) in [5, 5.41) is 3.42. The van der Waals surface area contributed by atoms with Crippen LogP contribution in [-0.4, -0.2) is 24.5 Å². The van der Waals surface area contributed by atoms with Crippen LogP contribution in [0.1, 0.15) is 57.9 Å². The Hall–Kier alpha value is -1.55. The van der Waals surface area contributed by atoms with Crippen molar-refractivity contribution in [3.63, 3.8) is 0 Å². The SMILES string of the molecule is CCC(C)NC(=O)COC(=O)C1(c2cccc(Cl)c2)CCCCC1. The standard InChI is InChI=1S/C19H26ClNO3/c1-3-14(2)21-17(22)13-24-18(23)19(10-5-4-6-11-19)15-8-7-9-16(20)12-15/h7-9,12,14H,3-6,10-11,13H2,1-2H3,(H,21,22). The molecule has 0 saturated heterocycles. The Balaban J connectivity index is 2.10. The van der Waals surface area contributed by atoms with Gasteiger partial charge < -0.3 is 10.1 Å². The Kier molecular flexibility index (Phi) is 6.67. The third-order valence-electron chi connectivity index (χ3n) is 4.83. The maximum absolute atomic E-state index is 12.8. The fourth-order valence-electron chi connectivity index (χ4n) is 3.24. The highest BCUT2D eigenvalue weighted by Gasteiger charge is 2.42. The molecule has 0 heterocycles. The van der Waals surface area contributed by atoms with Crippen LogP contribution in [-0.2, 0) is 19.7 Å². The second kappa shape index (κ2) is 8.52. The van der Waals surface area contributed by atoms with E-state index in [1.807, 2.05) is 32.0 Å². The molecular formula is C19H26ClNO3. The lowest BCUT2D eigenvalue weighted by molar-refractivity contribution is -0.156. The van der Waals surface area contributed by atoms with Crippen molar-refractivity contribution in [2.75, 3.05) is 6.61 Å². The quantitative estimate of drug-likeness (QED) is 0.788. The molecule has 1 aromatic carbocycles. The number of rotatable bonds is 6. The molecule has 1 amide bonds. The van der Waals surface area contributed by atoms with E-state index < -0.39 is 5.41 Å². The third-order valence-corrected chi connectivity index (χ3v) is 5.06. The molecule has 0 bridgehead atoms. The smallest absolute Gasteiger partial charge is 0.317 e. The van der Waals surface area contributed by atoms with Crippen LogP contribution in [0.15, 0.2) is 24.3 Å². The number of carbonyl (C=O) groups excluding carboxylic acids is 2. The zero-order chi connectivity index (χ0) is 17.6. The summed E-state index contributed by atoms with van der Waals surface area (Å²) in [6.07, 6.45) is 5.37. The average molecular weight is 352 g/mol. The molecular weight excluding hydrogens is 326 g/mol. The number of esters is 1. The van der Waals surface area contributed by atoms with E-state index in [1.54, 1.807) is 6.07 Å². The van der Waals surface area contributed by atoms with Crippen molar-refractivity contribution in [3.8, 4) is 0 Å². The summed E-state index contributed by atoms with van der Waals surface area (Å²) in [4.78, 5) is 24.7. The molecule has 4 nitrogen and oxygen atoms in total. The molecule has 1 unspecified atom stereocenters. The van der Waals surface area contributed by atoms with E-state index in [0.717, 1.165) is 44.1 Å². The fourth-order valence-corrected chi connectivity index (χ4v) is 3.43. The van der Waals surface area contributed by atoms with Crippen LogP contribution in [0.3, 0.4) is 0 Å². The van der Waals surface area contributed by atoms with Gasteiger partial charge >= 0.3 is 5.97 Å². The molecule has 1 saturated carbocycles. The van der Waals surface area contributed by atoms with Crippen molar-refractivity contribution in [2.45, 2.75) is 63.8 Å². The molecule has 1 N–H and O–H groups in total. The van der Waals surface area contributed by atoms with Crippen molar-refractivity contribution in [3.05, 3.63) is 34.9 Å². The van der Waals surface area contributed by atoms with Crippen LogP contribution in [0, 0.1) is 0 Å². The summed E-state index contributed by atoms with van der Waals surface area (Å²) in [6.45, 7) is 3.69. The van der Waals surface area contributed by atoms with Crippen LogP contribution < -0.4 is 5.32 Å². The number of hydrogen-bond acceptors (Lipinski definition) is 3. The van der Waals surface area contributed by atoms with E-state index in [9.17, 15) is 9.59 Å². The first kappa shape index (κ1) is 18.8. The van der Waals surface area contributed by atoms with Gasteiger partial charge in [0.25, 0.3) is 5.91 Å². The lowest BCUT2D eigenvalue weighted by Gasteiger charge is -2.35. The summed E-state index contributed by atoms with van der Waals surface area (Å²) >= 11 is 6.12. The Labute approximate surface area is 148 Å². The summed E-state index contributed by atoms with van der Waals surface area (Å²) in [5.74, 6) is -0.571. The molecule has 2 rings (SSSR count). The van der Waals surface area contributed by atoms with Gasteiger partial charge in [-0.3, -0.25) is 9.59 Å². The van der Waals surface area contributed by atoms with E-state index in [0.29, 0.717) is 5.02 Å². The molecule has 1 aromatic rings. The van der Waals surface area contributed by atoms with Gasteiger partial charge in [-0.05, 0) is 43.9 Å². The minimum absolute atomic E-state index is 0.0766. The lowest BCUT2D eigenvalue weighted by atomic mass is 9.69. The van der Waals surface area contributed by atoms with Gasteiger partial charge in [0.2, 0.25) is 0 Å². The summed E-state index contributed by atoms with van der Waals surface area (Å²) < 4.78 is 5.39. The molecule has 0 radical (unpaired) electrons. The lowest BCUT2D eigenvalue weighted by Crippen LogP contribution is -2.42. The molecule has 0 aliphatic heterocycles. The summed E-state index contributed by atoms with van der Waals surface area (Å²) in [5.41, 5.74) is 0.210. The minimum Gasteiger partial charge on any atom is -0.455 e. The number of benzene rings is 1. The highest BCUT2D eigenvalue weighted by molar-refractivity contribution is 6.30. The van der Waals surface area contributed by atoms with Crippen LogP contribution >= 0.6 is 11.6 Å². The van der Waals surface area contributed by atoms with Crippen molar-refractivity contribution >= 4 is 23.5 Å². The van der Waals surface area contributed by atoms with Gasteiger partial charge in [-0.2, -0.15) is 0 Å². The van der Waals surface area contributed by atoms with Gasteiger partial charge in [0.05, 0.1) is 5.41 Å². The maximum atomic E-state index is 12.8. The van der Waals surface area contributed by atoms with Gasteiger partial charge in [0, 0.05) is 11.1 Å². The van der Waals surface area contributed by atoms with Gasteiger partial charge in [-0.1, -0.05) is 49.9 Å². The molecule has 1 aliphatic rings. The first-order chi connectivity index (χ1) is 11.5. The van der Waals surface area contributed by atoms with Crippen LogP contribution in [0.5, 0.6) is 0 Å². The number of halogens is 1. The third kappa shape index (κ3) is 4.50. The molecule has 0 spiro atoms. The van der Waals surface area contributed by atoms with Crippen molar-refractivity contribution in [2.24, 2.45) is 0 Å². The van der Waals surface area contributed by atoms with E-state index in [-0.39, 0.29) is 24.5 Å². The van der Waals surface area contributed by atoms with Crippen LogP contribution in [0.2, 0.25) is 5.02 Å². The van der Waals surface area contributed by atoms with Crippen molar-refractivity contribution in [1.29, 1.82) is 0 Å². The number of amides is 1. The van der Waals surface area contributed by atoms with Crippen molar-refractivity contribution < 1.29 is 14.3 Å². The second-order valence-electron chi connectivity index (χ2n) is 6.61. The molecule has 1 fully saturated rings. The molecule has 132 valence electrons. The molecule has 1 aliphatic carbocycles. The highest BCUT2D eigenvalue weighted by atomic mass is 35.5. The predicted molar refractivity (Wildman–Crippen MR) is 95.1 cm³/mol. The molecule has 1 atom stereocenters. The van der Waals surface area contributed by atoms with Gasteiger partial charge in [0.1, 0.15) is 0 Å². The normalized spacial score (nSPS) is 17.8. The Morgan fingerprint density at radius 3 is 2.62 bits per heavy atom. The second-order valence-corrected chi connectivity index (χ2v) is 7.04. The Morgan fingerprint density at radius 1 is 1.29 bits per heavy atom. The largest absolute Gasteiger partial charge is 0.455 e. The van der Waals surface area contributed by atoms with E-state index in [1.165, 1.54) is 0 Å². The fraction of sp³-hybridized carbons (Fsp3) is 0.579. The zero-order valence-corrected chi connectivity index (χ0v) is 15.2. The van der Waals surface area contributed by atoms with Crippen LogP contribution in [0.25, 0.3) is 0 Å². The highest BCUT2D eigenvalue weighted by Crippen LogP contribution is 2.41. The first-order valence-electron chi connectivity index (χ1n) is 8.70. The van der Waals surface area contributed by atoms with Gasteiger partial charge in [-0.15, -0.1) is 0 Å². The molecule has 24 heavy (non-hydrogen) atoms. The number of nitrogens with one attached hydrogen (secondary N) is 1. The average Bonchev–Trinajstić information content (AvgIpc) is 2.60. The van der Waals surface area contributed by atoms with E-state index in [2.05, 4.69) is 5.32 Å². The summed E-state index contributed by atoms with van der Waals surface area (Å²) in [7, 11) is 0. The van der Waals surface area contributed by atoms with E-state index in [4.69, 9.17) is 16.3 Å². The van der Waals surface area contributed by atoms with E-state index >= 15 is 0 Å². The first-order valence-corrected chi connectivity index (χ1v) is 9.08. The van der Waals surface area contributed by atoms with Gasteiger partial charge in [0.15, 0.2) is 6.61 Å². The monoisotopic (exact) mass is 351 g/mol. The summed E-state index contributed by atoms with van der Waals surface area (Å²) in [6, 6.07) is 7.50. The van der Waals surface area contributed by atoms with Crippen LogP contribution in [0.4, 0.5) is 0 Å². The Morgan fingerprint density at radius 2 is 2.00 bits per heavy atom. The minimum atomic E-state index is -0.681. The maximum Gasteiger partial charge on any atom is 0.317 e. The van der Waals surface area contributed by atoms with Crippen molar-refractivity contribution in [1.82, 2.24) is 5.32 Å². The Bertz CT molecular complexity index is 582. The number of carbonyl (C=O) groups is 2. The number of hydrogen-bond donors (Lipinski definition) is 1. The zero-order valence-electron chi connectivity index (χ0n) is 14.4. The topological polar surface area (TPSA) is 55.4 Å². The molecule has 0 aromatic heterocycles. The predicted octanol–water partition coefficient (Wildman–Crippen LogP) is 4.00. The van der Waals surface area contributed by atoms with Gasteiger partial charge in [-0.25, -0.2) is 0 Å². The molecule has 5 heteroatoms. The number of ether oxygens (including phenoxy) is 1.